The van der Waals surface area contributed by atoms with Crippen molar-refractivity contribution in [2.45, 2.75) is 6.92 Å². The fraction of sp³-hybridized carbons (Fsp3) is 0.111. The molecule has 1 N–H and O–H groups in total. The molecule has 0 fully saturated rings. The van der Waals surface area contributed by atoms with E-state index in [9.17, 15) is 5.11 Å². The van der Waals surface area contributed by atoms with Crippen LogP contribution in [0.3, 0.4) is 0 Å². The van der Waals surface area contributed by atoms with Gasteiger partial charge in [0.2, 0.25) is 5.82 Å². The van der Waals surface area contributed by atoms with Crippen LogP contribution in [-0.2, 0) is 0 Å². The molecule has 0 atom stereocenters. The van der Waals surface area contributed by atoms with E-state index in [-0.39, 0.29) is 11.5 Å². The minimum absolute atomic E-state index is 0.154. The molecule has 2 rings (SSSR count). The Bertz CT molecular complexity index is 491. The van der Waals surface area contributed by atoms with Crippen molar-refractivity contribution in [3.63, 3.8) is 0 Å². The Morgan fingerprint density at radius 1 is 1.40 bits per heavy atom. The topological polar surface area (TPSA) is 76.7 Å². The maximum absolute atomic E-state index is 9.36. The van der Waals surface area contributed by atoms with Crippen molar-refractivity contribution in [3.05, 3.63) is 36.6 Å². The van der Waals surface area contributed by atoms with Gasteiger partial charge in [0.15, 0.2) is 5.69 Å². The lowest BCUT2D eigenvalue weighted by Gasteiger charge is -2.05. The second-order valence-electron chi connectivity index (χ2n) is 2.95. The second kappa shape index (κ2) is 3.49. The third-order valence-corrected chi connectivity index (χ3v) is 1.76. The van der Waals surface area contributed by atoms with Gasteiger partial charge in [0, 0.05) is 0 Å². The van der Waals surface area contributed by atoms with Gasteiger partial charge in [-0.25, -0.2) is 9.97 Å². The predicted octanol–water partition coefficient (Wildman–Crippen LogP) is 0.894. The molecule has 0 unspecified atom stereocenters. The van der Waals surface area contributed by atoms with Crippen molar-refractivity contribution in [2.75, 3.05) is 0 Å². The highest BCUT2D eigenvalue weighted by atomic mass is 16.3. The lowest BCUT2D eigenvalue weighted by Crippen LogP contribution is -2.08. The summed E-state index contributed by atoms with van der Waals surface area (Å²) in [6, 6.07) is 0. The zero-order valence-electron chi connectivity index (χ0n) is 8.12. The van der Waals surface area contributed by atoms with E-state index in [2.05, 4.69) is 26.7 Å². The molecule has 6 nitrogen and oxygen atoms in total. The maximum atomic E-state index is 9.36. The molecular formula is C9H9N5O. The lowest BCUT2D eigenvalue weighted by molar-refractivity contribution is 0.507. The summed E-state index contributed by atoms with van der Waals surface area (Å²) in [7, 11) is 0. The molecule has 0 saturated heterocycles. The first-order valence-electron chi connectivity index (χ1n) is 4.27. The molecule has 2 heterocycles. The standard InChI is InChI=1S/C9H9N5O/c1-6-5-10-9(8(13-6)7(2)15)14-11-3-4-12-14/h3-5,15H,2H2,1H3. The summed E-state index contributed by atoms with van der Waals surface area (Å²) in [5, 5.41) is 17.2. The third kappa shape index (κ3) is 1.69. The Kier molecular flexibility index (Phi) is 2.17. The number of nitrogens with zero attached hydrogens (tertiary/aromatic N) is 5. The summed E-state index contributed by atoms with van der Waals surface area (Å²) < 4.78 is 0. The molecular weight excluding hydrogens is 194 g/mol. The number of aliphatic hydroxyl groups is 1. The van der Waals surface area contributed by atoms with E-state index in [1.165, 1.54) is 17.2 Å². The Balaban J connectivity index is 2.61. The molecule has 0 aliphatic carbocycles. The van der Waals surface area contributed by atoms with Crippen molar-refractivity contribution in [1.82, 2.24) is 25.0 Å². The lowest BCUT2D eigenvalue weighted by atomic mass is 10.3. The van der Waals surface area contributed by atoms with Crippen LogP contribution in [0.5, 0.6) is 0 Å². The van der Waals surface area contributed by atoms with E-state index < -0.39 is 0 Å². The van der Waals surface area contributed by atoms with Gasteiger partial charge in [0.05, 0.1) is 24.3 Å². The van der Waals surface area contributed by atoms with Crippen LogP contribution in [0.1, 0.15) is 11.4 Å². The summed E-state index contributed by atoms with van der Waals surface area (Å²) in [4.78, 5) is 9.49. The fourth-order valence-corrected chi connectivity index (χ4v) is 1.14. The molecule has 0 aromatic carbocycles. The molecule has 2 aromatic heterocycles. The van der Waals surface area contributed by atoms with Crippen LogP contribution < -0.4 is 0 Å². The summed E-state index contributed by atoms with van der Waals surface area (Å²) >= 11 is 0. The van der Waals surface area contributed by atoms with Gasteiger partial charge < -0.3 is 5.11 Å². The highest BCUT2D eigenvalue weighted by molar-refractivity contribution is 5.58. The fourth-order valence-electron chi connectivity index (χ4n) is 1.14. The van der Waals surface area contributed by atoms with E-state index in [0.29, 0.717) is 11.5 Å². The molecule has 0 spiro atoms. The summed E-state index contributed by atoms with van der Waals surface area (Å²) in [5.74, 6) is 0.205. The third-order valence-electron chi connectivity index (χ3n) is 1.76. The van der Waals surface area contributed by atoms with Crippen LogP contribution in [0.15, 0.2) is 25.2 Å². The summed E-state index contributed by atoms with van der Waals surface area (Å²) in [6.07, 6.45) is 4.61. The average Bonchev–Trinajstić information content (AvgIpc) is 2.70. The van der Waals surface area contributed by atoms with E-state index >= 15 is 0 Å². The van der Waals surface area contributed by atoms with Gasteiger partial charge in [0.1, 0.15) is 5.76 Å². The molecule has 0 amide bonds. The van der Waals surface area contributed by atoms with Crippen molar-refractivity contribution in [1.29, 1.82) is 0 Å². The molecule has 0 radical (unpaired) electrons. The normalized spacial score (nSPS) is 10.2. The molecule has 0 aliphatic rings. The molecule has 76 valence electrons. The molecule has 2 aromatic rings. The number of rotatable bonds is 2. The van der Waals surface area contributed by atoms with Crippen LogP contribution in [0.25, 0.3) is 11.6 Å². The smallest absolute Gasteiger partial charge is 0.204 e. The van der Waals surface area contributed by atoms with E-state index in [4.69, 9.17) is 0 Å². The molecule has 15 heavy (non-hydrogen) atoms. The number of hydrogen-bond acceptors (Lipinski definition) is 5. The van der Waals surface area contributed by atoms with Crippen molar-refractivity contribution in [2.24, 2.45) is 0 Å². The largest absolute Gasteiger partial charge is 0.506 e. The zero-order valence-corrected chi connectivity index (χ0v) is 8.12. The van der Waals surface area contributed by atoms with Gasteiger partial charge in [-0.3, -0.25) is 0 Å². The van der Waals surface area contributed by atoms with E-state index in [0.717, 1.165) is 0 Å². The Morgan fingerprint density at radius 2 is 2.07 bits per heavy atom. The monoisotopic (exact) mass is 203 g/mol. The van der Waals surface area contributed by atoms with Gasteiger partial charge in [-0.15, -0.1) is 4.80 Å². The van der Waals surface area contributed by atoms with Crippen LogP contribution in [0.2, 0.25) is 0 Å². The summed E-state index contributed by atoms with van der Waals surface area (Å²) in [5.41, 5.74) is 0.974. The highest BCUT2D eigenvalue weighted by Gasteiger charge is 2.11. The Labute approximate surface area is 85.9 Å². The summed E-state index contributed by atoms with van der Waals surface area (Å²) in [6.45, 7) is 5.20. The zero-order chi connectivity index (χ0) is 10.8. The first-order chi connectivity index (χ1) is 7.18. The second-order valence-corrected chi connectivity index (χ2v) is 2.95. The predicted molar refractivity (Wildman–Crippen MR) is 53.3 cm³/mol. The van der Waals surface area contributed by atoms with Crippen molar-refractivity contribution in [3.8, 4) is 5.82 Å². The SMILES string of the molecule is C=C(O)c1nc(C)cnc1-n1nccn1. The quantitative estimate of drug-likeness (QED) is 0.733. The number of aromatic nitrogens is 5. The number of aryl methyl sites for hydroxylation is 1. The minimum atomic E-state index is -0.154. The van der Waals surface area contributed by atoms with Gasteiger partial charge in [0.25, 0.3) is 0 Å². The minimum Gasteiger partial charge on any atom is -0.506 e. The van der Waals surface area contributed by atoms with Crippen LogP contribution in [-0.4, -0.2) is 30.1 Å². The van der Waals surface area contributed by atoms with Crippen LogP contribution in [0, 0.1) is 6.92 Å². The van der Waals surface area contributed by atoms with E-state index in [1.54, 1.807) is 13.1 Å². The molecule has 0 bridgehead atoms. The van der Waals surface area contributed by atoms with Crippen molar-refractivity contribution >= 4 is 5.76 Å². The van der Waals surface area contributed by atoms with E-state index in [1.807, 2.05) is 0 Å². The van der Waals surface area contributed by atoms with Gasteiger partial charge in [-0.2, -0.15) is 10.2 Å². The van der Waals surface area contributed by atoms with Gasteiger partial charge in [-0.1, -0.05) is 6.58 Å². The maximum Gasteiger partial charge on any atom is 0.204 e. The number of hydrogen-bond donors (Lipinski definition) is 1. The Morgan fingerprint density at radius 3 is 2.67 bits per heavy atom. The highest BCUT2D eigenvalue weighted by Crippen LogP contribution is 2.13. The van der Waals surface area contributed by atoms with Gasteiger partial charge in [-0.05, 0) is 6.92 Å². The Hall–Kier alpha value is -2.24. The molecule has 0 saturated carbocycles. The van der Waals surface area contributed by atoms with Crippen molar-refractivity contribution < 1.29 is 5.11 Å². The first-order valence-corrected chi connectivity index (χ1v) is 4.27. The molecule has 6 heteroatoms. The first kappa shape index (κ1) is 9.32. The number of aliphatic hydroxyl groups excluding tert-OH is 1. The molecule has 0 aliphatic heterocycles. The van der Waals surface area contributed by atoms with Gasteiger partial charge >= 0.3 is 0 Å². The average molecular weight is 203 g/mol. The van der Waals surface area contributed by atoms with Crippen LogP contribution >= 0.6 is 0 Å². The van der Waals surface area contributed by atoms with Crippen LogP contribution in [0.4, 0.5) is 0 Å².